The van der Waals surface area contributed by atoms with Crippen LogP contribution >= 0.6 is 11.3 Å². The van der Waals surface area contributed by atoms with E-state index < -0.39 is 0 Å². The minimum absolute atomic E-state index is 0.747. The van der Waals surface area contributed by atoms with Gasteiger partial charge in [0.25, 0.3) is 0 Å². The number of hydrogen-bond donors (Lipinski definition) is 0. The van der Waals surface area contributed by atoms with Crippen LogP contribution in [0.4, 0.5) is 5.69 Å². The molecule has 0 saturated heterocycles. The van der Waals surface area contributed by atoms with E-state index in [2.05, 4.69) is 78.9 Å². The predicted octanol–water partition coefficient (Wildman–Crippen LogP) is 5.25. The van der Waals surface area contributed by atoms with E-state index in [1.54, 1.807) is 11.3 Å². The fourth-order valence-corrected chi connectivity index (χ4v) is 3.35. The van der Waals surface area contributed by atoms with Crippen LogP contribution in [0.2, 0.25) is 0 Å². The van der Waals surface area contributed by atoms with Gasteiger partial charge in [0.2, 0.25) is 0 Å². The first-order chi connectivity index (χ1) is 11.2. The summed E-state index contributed by atoms with van der Waals surface area (Å²) in [6, 6.07) is 16.9. The van der Waals surface area contributed by atoms with Crippen molar-refractivity contribution in [3.8, 4) is 11.3 Å². The van der Waals surface area contributed by atoms with Gasteiger partial charge in [-0.15, -0.1) is 17.9 Å². The van der Waals surface area contributed by atoms with Crippen molar-refractivity contribution in [2.75, 3.05) is 0 Å². The maximum Gasteiger partial charge on any atom is 0.190 e. The summed E-state index contributed by atoms with van der Waals surface area (Å²) in [5.41, 5.74) is 5.88. The first-order valence-corrected chi connectivity index (χ1v) is 8.53. The van der Waals surface area contributed by atoms with Gasteiger partial charge in [0, 0.05) is 11.9 Å². The van der Waals surface area contributed by atoms with Gasteiger partial charge in [-0.1, -0.05) is 53.6 Å². The van der Waals surface area contributed by atoms with Crippen LogP contribution in [0.25, 0.3) is 11.3 Å². The summed E-state index contributed by atoms with van der Waals surface area (Å²) in [6.07, 6.45) is 1.92. The van der Waals surface area contributed by atoms with E-state index in [-0.39, 0.29) is 0 Å². The van der Waals surface area contributed by atoms with Gasteiger partial charge in [0.1, 0.15) is 0 Å². The molecule has 0 aliphatic heterocycles. The van der Waals surface area contributed by atoms with Crippen LogP contribution in [0.5, 0.6) is 0 Å². The van der Waals surface area contributed by atoms with Crippen LogP contribution in [0.1, 0.15) is 11.1 Å². The number of benzene rings is 2. The molecule has 0 saturated carbocycles. The normalized spacial score (nSPS) is 11.7. The fourth-order valence-electron chi connectivity index (χ4n) is 2.41. The highest BCUT2D eigenvalue weighted by Gasteiger charge is 2.07. The van der Waals surface area contributed by atoms with Gasteiger partial charge >= 0.3 is 0 Å². The number of hydrogen-bond acceptors (Lipinski definition) is 2. The van der Waals surface area contributed by atoms with E-state index in [1.165, 1.54) is 22.4 Å². The van der Waals surface area contributed by atoms with Gasteiger partial charge in [0.05, 0.1) is 11.4 Å². The highest BCUT2D eigenvalue weighted by atomic mass is 32.1. The Kier molecular flexibility index (Phi) is 4.58. The molecule has 0 spiro atoms. The van der Waals surface area contributed by atoms with Crippen LogP contribution in [0, 0.1) is 13.8 Å². The summed E-state index contributed by atoms with van der Waals surface area (Å²) in [4.78, 5) is 5.79. The first-order valence-electron chi connectivity index (χ1n) is 7.65. The van der Waals surface area contributed by atoms with Crippen molar-refractivity contribution >= 4 is 17.0 Å². The average molecular weight is 320 g/mol. The van der Waals surface area contributed by atoms with Crippen LogP contribution in [-0.2, 0) is 6.54 Å². The van der Waals surface area contributed by atoms with Gasteiger partial charge in [-0.3, -0.25) is 0 Å². The second-order valence-corrected chi connectivity index (χ2v) is 6.45. The molecule has 2 aromatic carbocycles. The summed E-state index contributed by atoms with van der Waals surface area (Å²) in [5, 5.41) is 2.17. The summed E-state index contributed by atoms with van der Waals surface area (Å²) >= 11 is 1.66. The van der Waals surface area contributed by atoms with Crippen molar-refractivity contribution in [3.63, 3.8) is 0 Å². The molecule has 0 fully saturated rings. The lowest BCUT2D eigenvalue weighted by Gasteiger charge is -2.07. The molecule has 0 aliphatic rings. The van der Waals surface area contributed by atoms with Crippen LogP contribution in [0.15, 0.2) is 71.6 Å². The molecule has 3 aromatic rings. The smallest absolute Gasteiger partial charge is 0.190 e. The maximum absolute atomic E-state index is 4.80. The molecule has 0 N–H and O–H groups in total. The number of aryl methyl sites for hydroxylation is 2. The van der Waals surface area contributed by atoms with Crippen LogP contribution in [0.3, 0.4) is 0 Å². The second-order valence-electron chi connectivity index (χ2n) is 5.62. The standard InChI is InChI=1S/C20H20N2S/c1-4-13-22-19(17-9-5-15(2)6-10-17)14-23-20(22)21-18-11-7-16(3)8-12-18/h4-12,14H,1,13H2,2-3H3. The molecule has 1 aromatic heterocycles. The third kappa shape index (κ3) is 3.51. The quantitative estimate of drug-likeness (QED) is 0.584. The number of nitrogens with zero attached hydrogens (tertiary/aromatic N) is 2. The number of thiazole rings is 1. The maximum atomic E-state index is 4.80. The monoisotopic (exact) mass is 320 g/mol. The molecular formula is C20H20N2S. The molecule has 0 amide bonds. The Morgan fingerprint density at radius 3 is 2.22 bits per heavy atom. The molecule has 3 rings (SSSR count). The topological polar surface area (TPSA) is 17.3 Å². The molecule has 3 heteroatoms. The Balaban J connectivity index is 2.09. The Labute approximate surface area is 141 Å². The van der Waals surface area contributed by atoms with Crippen molar-refractivity contribution in [1.29, 1.82) is 0 Å². The van der Waals surface area contributed by atoms with Crippen molar-refractivity contribution in [3.05, 3.63) is 82.5 Å². The lowest BCUT2D eigenvalue weighted by Crippen LogP contribution is -2.14. The number of aromatic nitrogens is 1. The Morgan fingerprint density at radius 1 is 1.00 bits per heavy atom. The molecule has 0 unspecified atom stereocenters. The molecule has 0 radical (unpaired) electrons. The molecule has 23 heavy (non-hydrogen) atoms. The van der Waals surface area contributed by atoms with Gasteiger partial charge in [0.15, 0.2) is 4.80 Å². The average Bonchev–Trinajstić information content (AvgIpc) is 2.94. The zero-order chi connectivity index (χ0) is 16.2. The minimum atomic E-state index is 0.747. The van der Waals surface area contributed by atoms with Gasteiger partial charge in [-0.2, -0.15) is 0 Å². The Morgan fingerprint density at radius 2 is 1.61 bits per heavy atom. The largest absolute Gasteiger partial charge is 0.313 e. The van der Waals surface area contributed by atoms with E-state index in [4.69, 9.17) is 4.99 Å². The van der Waals surface area contributed by atoms with E-state index in [0.717, 1.165) is 17.0 Å². The predicted molar refractivity (Wildman–Crippen MR) is 99.1 cm³/mol. The molecule has 1 heterocycles. The van der Waals surface area contributed by atoms with E-state index in [0.29, 0.717) is 0 Å². The van der Waals surface area contributed by atoms with Gasteiger partial charge < -0.3 is 4.57 Å². The summed E-state index contributed by atoms with van der Waals surface area (Å²) in [7, 11) is 0. The summed E-state index contributed by atoms with van der Waals surface area (Å²) in [5.74, 6) is 0. The fraction of sp³-hybridized carbons (Fsp3) is 0.150. The lowest BCUT2D eigenvalue weighted by atomic mass is 10.1. The molecular weight excluding hydrogens is 300 g/mol. The van der Waals surface area contributed by atoms with Crippen LogP contribution < -0.4 is 4.80 Å². The molecule has 116 valence electrons. The van der Waals surface area contributed by atoms with Crippen molar-refractivity contribution in [2.24, 2.45) is 4.99 Å². The van der Waals surface area contributed by atoms with Crippen molar-refractivity contribution in [2.45, 2.75) is 20.4 Å². The molecule has 0 atom stereocenters. The SMILES string of the molecule is C=CCn1c(-c2ccc(C)cc2)csc1=Nc1ccc(C)cc1. The lowest BCUT2D eigenvalue weighted by molar-refractivity contribution is 0.800. The Bertz CT molecular complexity index is 865. The summed E-state index contributed by atoms with van der Waals surface area (Å²) in [6.45, 7) is 8.82. The third-order valence-electron chi connectivity index (χ3n) is 3.72. The summed E-state index contributed by atoms with van der Waals surface area (Å²) < 4.78 is 2.21. The van der Waals surface area contributed by atoms with E-state index >= 15 is 0 Å². The Hall–Kier alpha value is -2.39. The zero-order valence-corrected chi connectivity index (χ0v) is 14.3. The van der Waals surface area contributed by atoms with E-state index in [1.807, 2.05) is 6.08 Å². The van der Waals surface area contributed by atoms with Gasteiger partial charge in [-0.25, -0.2) is 4.99 Å². The third-order valence-corrected chi connectivity index (χ3v) is 4.58. The van der Waals surface area contributed by atoms with Crippen molar-refractivity contribution < 1.29 is 0 Å². The molecule has 0 aliphatic carbocycles. The second kappa shape index (κ2) is 6.80. The highest BCUT2D eigenvalue weighted by molar-refractivity contribution is 7.07. The molecule has 2 nitrogen and oxygen atoms in total. The first kappa shape index (κ1) is 15.5. The number of allylic oxidation sites excluding steroid dienone is 1. The van der Waals surface area contributed by atoms with Gasteiger partial charge in [-0.05, 0) is 31.5 Å². The number of rotatable bonds is 4. The van der Waals surface area contributed by atoms with Crippen molar-refractivity contribution in [1.82, 2.24) is 4.57 Å². The zero-order valence-electron chi connectivity index (χ0n) is 13.5. The van der Waals surface area contributed by atoms with E-state index in [9.17, 15) is 0 Å². The van der Waals surface area contributed by atoms with Crippen LogP contribution in [-0.4, -0.2) is 4.57 Å². The molecule has 0 bridgehead atoms. The highest BCUT2D eigenvalue weighted by Crippen LogP contribution is 2.21. The minimum Gasteiger partial charge on any atom is -0.313 e.